The summed E-state index contributed by atoms with van der Waals surface area (Å²) >= 11 is 6.26. The van der Waals surface area contributed by atoms with E-state index in [0.29, 0.717) is 14.6 Å². The highest BCUT2D eigenvalue weighted by molar-refractivity contribution is 9.10. The van der Waals surface area contributed by atoms with E-state index in [1.807, 2.05) is 0 Å². The number of aromatic nitrogens is 1. The molecule has 1 aromatic carbocycles. The number of pyridine rings is 1. The Morgan fingerprint density at radius 3 is 2.35 bits per heavy atom. The zero-order valence-electron chi connectivity index (χ0n) is 8.35. The molecular formula is C11H6Br2F2N2. The van der Waals surface area contributed by atoms with E-state index in [9.17, 15) is 8.78 Å². The molecule has 88 valence electrons. The lowest BCUT2D eigenvalue weighted by molar-refractivity contribution is 0.589. The van der Waals surface area contributed by atoms with Gasteiger partial charge in [0.05, 0.1) is 10.2 Å². The van der Waals surface area contributed by atoms with Crippen molar-refractivity contribution in [1.29, 1.82) is 0 Å². The van der Waals surface area contributed by atoms with Gasteiger partial charge in [-0.15, -0.1) is 0 Å². The Kier molecular flexibility index (Phi) is 3.73. The summed E-state index contributed by atoms with van der Waals surface area (Å²) in [7, 11) is 0. The zero-order valence-corrected chi connectivity index (χ0v) is 11.5. The Morgan fingerprint density at radius 2 is 1.76 bits per heavy atom. The van der Waals surface area contributed by atoms with Crippen LogP contribution in [0.3, 0.4) is 0 Å². The Balaban J connectivity index is 2.40. The van der Waals surface area contributed by atoms with Crippen LogP contribution in [0.15, 0.2) is 39.5 Å². The number of nitrogens with zero attached hydrogens (tertiary/aromatic N) is 1. The van der Waals surface area contributed by atoms with Gasteiger partial charge in [-0.1, -0.05) is 15.9 Å². The van der Waals surface area contributed by atoms with E-state index < -0.39 is 11.6 Å². The SMILES string of the molecule is Fc1cc(Br)cc(F)c1Nc1ccncc1Br. The van der Waals surface area contributed by atoms with Crippen LogP contribution < -0.4 is 5.32 Å². The van der Waals surface area contributed by atoms with Crippen LogP contribution in [-0.2, 0) is 0 Å². The van der Waals surface area contributed by atoms with Gasteiger partial charge in [0.2, 0.25) is 0 Å². The Bertz CT molecular complexity index is 538. The molecule has 6 heteroatoms. The van der Waals surface area contributed by atoms with E-state index in [2.05, 4.69) is 42.2 Å². The molecule has 0 unspecified atom stereocenters. The average Bonchev–Trinajstić information content (AvgIpc) is 2.25. The van der Waals surface area contributed by atoms with Gasteiger partial charge < -0.3 is 5.32 Å². The normalized spacial score (nSPS) is 10.4. The van der Waals surface area contributed by atoms with Crippen molar-refractivity contribution in [3.05, 3.63) is 51.2 Å². The van der Waals surface area contributed by atoms with Crippen LogP contribution in [0.1, 0.15) is 0 Å². The predicted molar refractivity (Wildman–Crippen MR) is 69.3 cm³/mol. The molecule has 0 saturated heterocycles. The largest absolute Gasteiger partial charge is 0.350 e. The van der Waals surface area contributed by atoms with Gasteiger partial charge in [0.25, 0.3) is 0 Å². The van der Waals surface area contributed by atoms with E-state index in [0.717, 1.165) is 0 Å². The van der Waals surface area contributed by atoms with Crippen LogP contribution >= 0.6 is 31.9 Å². The van der Waals surface area contributed by atoms with Gasteiger partial charge in [-0.3, -0.25) is 4.98 Å². The molecule has 2 rings (SSSR count). The highest BCUT2D eigenvalue weighted by Gasteiger charge is 2.11. The fourth-order valence-corrected chi connectivity index (χ4v) is 2.02. The smallest absolute Gasteiger partial charge is 0.150 e. The van der Waals surface area contributed by atoms with Crippen LogP contribution in [0.2, 0.25) is 0 Å². The van der Waals surface area contributed by atoms with Crippen molar-refractivity contribution < 1.29 is 8.78 Å². The topological polar surface area (TPSA) is 24.9 Å². The molecule has 0 aliphatic heterocycles. The van der Waals surface area contributed by atoms with E-state index in [1.54, 1.807) is 6.07 Å². The first kappa shape index (κ1) is 12.4. The van der Waals surface area contributed by atoms with Crippen molar-refractivity contribution in [3.8, 4) is 0 Å². The molecular weight excluding hydrogens is 358 g/mol. The molecule has 2 aromatic rings. The lowest BCUT2D eigenvalue weighted by Gasteiger charge is -2.10. The molecule has 0 amide bonds. The molecule has 0 radical (unpaired) electrons. The number of halogens is 4. The molecule has 0 aliphatic carbocycles. The molecule has 0 bridgehead atoms. The Hall–Kier alpha value is -1.01. The fraction of sp³-hybridized carbons (Fsp3) is 0. The van der Waals surface area contributed by atoms with Crippen molar-refractivity contribution >= 4 is 43.2 Å². The molecule has 2 nitrogen and oxygen atoms in total. The summed E-state index contributed by atoms with van der Waals surface area (Å²) in [6, 6.07) is 4.01. The molecule has 1 aromatic heterocycles. The third-order valence-electron chi connectivity index (χ3n) is 2.04. The van der Waals surface area contributed by atoms with Crippen LogP contribution in [0.25, 0.3) is 0 Å². The van der Waals surface area contributed by atoms with Gasteiger partial charge in [0.1, 0.15) is 5.69 Å². The number of benzene rings is 1. The molecule has 1 N–H and O–H groups in total. The van der Waals surface area contributed by atoms with E-state index >= 15 is 0 Å². The van der Waals surface area contributed by atoms with E-state index in [1.165, 1.54) is 24.5 Å². The second kappa shape index (κ2) is 5.10. The average molecular weight is 364 g/mol. The summed E-state index contributed by atoms with van der Waals surface area (Å²) < 4.78 is 28.1. The number of hydrogen-bond donors (Lipinski definition) is 1. The maximum absolute atomic E-state index is 13.6. The minimum absolute atomic E-state index is 0.194. The van der Waals surface area contributed by atoms with Crippen molar-refractivity contribution in [2.75, 3.05) is 5.32 Å². The van der Waals surface area contributed by atoms with Gasteiger partial charge in [0, 0.05) is 16.9 Å². The van der Waals surface area contributed by atoms with Crippen LogP contribution in [-0.4, -0.2) is 4.98 Å². The third-order valence-corrected chi connectivity index (χ3v) is 3.13. The van der Waals surface area contributed by atoms with Gasteiger partial charge in [-0.25, -0.2) is 8.78 Å². The van der Waals surface area contributed by atoms with Crippen LogP contribution in [0.5, 0.6) is 0 Å². The molecule has 0 aliphatic rings. The van der Waals surface area contributed by atoms with E-state index in [-0.39, 0.29) is 5.69 Å². The molecule has 0 atom stereocenters. The number of rotatable bonds is 2. The fourth-order valence-electron chi connectivity index (χ4n) is 1.27. The summed E-state index contributed by atoms with van der Waals surface area (Å²) in [5.41, 5.74) is 0.347. The summed E-state index contributed by atoms with van der Waals surface area (Å²) in [6.45, 7) is 0. The second-order valence-corrected chi connectivity index (χ2v) is 4.99. The minimum atomic E-state index is -0.666. The molecule has 0 spiro atoms. The zero-order chi connectivity index (χ0) is 12.4. The quantitative estimate of drug-likeness (QED) is 0.841. The summed E-state index contributed by atoms with van der Waals surface area (Å²) in [6.07, 6.45) is 3.07. The van der Waals surface area contributed by atoms with Crippen LogP contribution in [0.4, 0.5) is 20.2 Å². The van der Waals surface area contributed by atoms with Gasteiger partial charge >= 0.3 is 0 Å². The van der Waals surface area contributed by atoms with Crippen molar-refractivity contribution in [3.63, 3.8) is 0 Å². The molecule has 0 fully saturated rings. The summed E-state index contributed by atoms with van der Waals surface area (Å²) in [5.74, 6) is -1.33. The van der Waals surface area contributed by atoms with Gasteiger partial charge in [-0.05, 0) is 34.1 Å². The molecule has 1 heterocycles. The van der Waals surface area contributed by atoms with Crippen molar-refractivity contribution in [2.24, 2.45) is 0 Å². The maximum atomic E-state index is 13.6. The third kappa shape index (κ3) is 2.81. The minimum Gasteiger partial charge on any atom is -0.350 e. The highest BCUT2D eigenvalue weighted by Crippen LogP contribution is 2.29. The number of hydrogen-bond acceptors (Lipinski definition) is 2. The Morgan fingerprint density at radius 1 is 1.12 bits per heavy atom. The van der Waals surface area contributed by atoms with E-state index in [4.69, 9.17) is 0 Å². The van der Waals surface area contributed by atoms with Gasteiger partial charge in [0.15, 0.2) is 11.6 Å². The first-order valence-corrected chi connectivity index (χ1v) is 6.17. The number of nitrogens with one attached hydrogen (secondary N) is 1. The Labute approximate surface area is 113 Å². The first-order chi connectivity index (χ1) is 8.08. The summed E-state index contributed by atoms with van der Waals surface area (Å²) in [5, 5.41) is 2.68. The molecule has 0 saturated carbocycles. The molecule has 17 heavy (non-hydrogen) atoms. The second-order valence-electron chi connectivity index (χ2n) is 3.22. The van der Waals surface area contributed by atoms with Gasteiger partial charge in [-0.2, -0.15) is 0 Å². The summed E-state index contributed by atoms with van der Waals surface area (Å²) in [4.78, 5) is 3.86. The lowest BCUT2D eigenvalue weighted by Crippen LogP contribution is -1.98. The number of anilines is 2. The standard InChI is InChI=1S/C11H6Br2F2N2/c12-6-3-8(14)11(9(15)4-6)17-10-1-2-16-5-7(10)13/h1-5H,(H,16,17). The lowest BCUT2D eigenvalue weighted by atomic mass is 10.2. The maximum Gasteiger partial charge on any atom is 0.150 e. The first-order valence-electron chi connectivity index (χ1n) is 4.59. The predicted octanol–water partition coefficient (Wildman–Crippen LogP) is 4.63. The van der Waals surface area contributed by atoms with Crippen molar-refractivity contribution in [1.82, 2.24) is 4.98 Å². The van der Waals surface area contributed by atoms with Crippen molar-refractivity contribution in [2.45, 2.75) is 0 Å². The monoisotopic (exact) mass is 362 g/mol. The van der Waals surface area contributed by atoms with Crippen LogP contribution in [0, 0.1) is 11.6 Å². The highest BCUT2D eigenvalue weighted by atomic mass is 79.9.